The van der Waals surface area contributed by atoms with Crippen molar-refractivity contribution in [2.75, 3.05) is 6.61 Å². The smallest absolute Gasteiger partial charge is 0.338 e. The average molecular weight is 325 g/mol. The number of hydrogen-bond acceptors (Lipinski definition) is 5. The maximum Gasteiger partial charge on any atom is 0.338 e. The Kier molecular flexibility index (Phi) is 4.69. The molecule has 3 aromatic rings. The standard InChI is InChI=1S/C17H19N5O2/c1-13-8-15(22-12-18-11-20-22)5-6-16(13)17(23)24-7-3-4-14-9-19-21(2)10-14/h5-6,8-12H,3-4,7H2,1-2H3. The van der Waals surface area contributed by atoms with Gasteiger partial charge in [-0.2, -0.15) is 10.2 Å². The molecule has 3 rings (SSSR count). The summed E-state index contributed by atoms with van der Waals surface area (Å²) in [7, 11) is 1.88. The van der Waals surface area contributed by atoms with Crippen LogP contribution in [0, 0.1) is 6.92 Å². The lowest BCUT2D eigenvalue weighted by molar-refractivity contribution is 0.0500. The van der Waals surface area contributed by atoms with E-state index in [1.165, 1.54) is 6.33 Å². The number of rotatable bonds is 6. The van der Waals surface area contributed by atoms with Crippen LogP contribution in [0.1, 0.15) is 27.9 Å². The highest BCUT2D eigenvalue weighted by molar-refractivity contribution is 5.91. The molecule has 1 aromatic carbocycles. The summed E-state index contributed by atoms with van der Waals surface area (Å²) in [6.45, 7) is 2.27. The maximum absolute atomic E-state index is 12.2. The molecule has 0 bridgehead atoms. The van der Waals surface area contributed by atoms with Crippen LogP contribution < -0.4 is 0 Å². The zero-order chi connectivity index (χ0) is 16.9. The van der Waals surface area contributed by atoms with Gasteiger partial charge >= 0.3 is 5.97 Å². The number of ether oxygens (including phenoxy) is 1. The molecule has 0 N–H and O–H groups in total. The summed E-state index contributed by atoms with van der Waals surface area (Å²) in [6.07, 6.45) is 8.49. The van der Waals surface area contributed by atoms with Crippen molar-refractivity contribution in [2.45, 2.75) is 19.8 Å². The topological polar surface area (TPSA) is 74.8 Å². The molecule has 2 heterocycles. The second kappa shape index (κ2) is 7.08. The minimum Gasteiger partial charge on any atom is -0.462 e. The first-order valence-corrected chi connectivity index (χ1v) is 7.74. The van der Waals surface area contributed by atoms with Gasteiger partial charge in [-0.3, -0.25) is 4.68 Å². The highest BCUT2D eigenvalue weighted by Gasteiger charge is 2.11. The van der Waals surface area contributed by atoms with Gasteiger partial charge in [0.15, 0.2) is 0 Å². The van der Waals surface area contributed by atoms with Crippen LogP contribution in [0.3, 0.4) is 0 Å². The number of hydrogen-bond donors (Lipinski definition) is 0. The van der Waals surface area contributed by atoms with Crippen LogP contribution in [0.2, 0.25) is 0 Å². The first kappa shape index (κ1) is 15.9. The molecule has 0 atom stereocenters. The summed E-state index contributed by atoms with van der Waals surface area (Å²) in [5.74, 6) is -0.302. The summed E-state index contributed by atoms with van der Waals surface area (Å²) in [6, 6.07) is 5.48. The Labute approximate surface area is 139 Å². The van der Waals surface area contributed by atoms with Gasteiger partial charge in [0, 0.05) is 13.2 Å². The zero-order valence-corrected chi connectivity index (χ0v) is 13.7. The lowest BCUT2D eigenvalue weighted by Gasteiger charge is -2.09. The lowest BCUT2D eigenvalue weighted by Crippen LogP contribution is -2.09. The number of esters is 1. The van der Waals surface area contributed by atoms with Crippen molar-refractivity contribution in [3.05, 3.63) is 59.9 Å². The van der Waals surface area contributed by atoms with Crippen LogP contribution in [-0.4, -0.2) is 37.1 Å². The summed E-state index contributed by atoms with van der Waals surface area (Å²) in [4.78, 5) is 16.1. The number of carbonyl (C=O) groups excluding carboxylic acids is 1. The molecule has 0 amide bonds. The largest absolute Gasteiger partial charge is 0.462 e. The van der Waals surface area contributed by atoms with Crippen molar-refractivity contribution >= 4 is 5.97 Å². The van der Waals surface area contributed by atoms with Crippen molar-refractivity contribution in [3.8, 4) is 5.69 Å². The van der Waals surface area contributed by atoms with Gasteiger partial charge in [-0.05, 0) is 49.1 Å². The van der Waals surface area contributed by atoms with Crippen LogP contribution >= 0.6 is 0 Å². The molecule has 0 radical (unpaired) electrons. The van der Waals surface area contributed by atoms with Crippen LogP contribution in [0.5, 0.6) is 0 Å². The predicted octanol–water partition coefficient (Wildman–Crippen LogP) is 2.10. The minimum atomic E-state index is -0.302. The number of nitrogens with zero attached hydrogens (tertiary/aromatic N) is 5. The van der Waals surface area contributed by atoms with E-state index in [0.717, 1.165) is 29.7 Å². The minimum absolute atomic E-state index is 0.302. The molecule has 0 fully saturated rings. The molecule has 0 aliphatic carbocycles. The fraction of sp³-hybridized carbons (Fsp3) is 0.294. The summed E-state index contributed by atoms with van der Waals surface area (Å²) >= 11 is 0. The Morgan fingerprint density at radius 1 is 1.29 bits per heavy atom. The fourth-order valence-corrected chi connectivity index (χ4v) is 2.48. The monoisotopic (exact) mass is 325 g/mol. The van der Waals surface area contributed by atoms with Gasteiger partial charge < -0.3 is 4.74 Å². The molecular formula is C17H19N5O2. The Balaban J connectivity index is 1.55. The molecule has 0 spiro atoms. The number of aryl methyl sites for hydroxylation is 3. The molecule has 0 saturated carbocycles. The van der Waals surface area contributed by atoms with Crippen molar-refractivity contribution in [1.82, 2.24) is 24.5 Å². The molecule has 124 valence electrons. The van der Waals surface area contributed by atoms with Crippen molar-refractivity contribution < 1.29 is 9.53 Å². The van der Waals surface area contributed by atoms with E-state index in [2.05, 4.69) is 15.2 Å². The van der Waals surface area contributed by atoms with E-state index in [-0.39, 0.29) is 5.97 Å². The Hall–Kier alpha value is -2.96. The average Bonchev–Trinajstić information content (AvgIpc) is 3.23. The van der Waals surface area contributed by atoms with Gasteiger partial charge in [-0.1, -0.05) is 0 Å². The second-order valence-corrected chi connectivity index (χ2v) is 5.60. The third-order valence-electron chi connectivity index (χ3n) is 3.71. The third kappa shape index (κ3) is 3.68. The van der Waals surface area contributed by atoms with E-state index in [0.29, 0.717) is 12.2 Å². The van der Waals surface area contributed by atoms with Gasteiger partial charge in [0.2, 0.25) is 0 Å². The molecule has 2 aromatic heterocycles. The summed E-state index contributed by atoms with van der Waals surface area (Å²) in [5.41, 5.74) is 3.42. The van der Waals surface area contributed by atoms with Crippen molar-refractivity contribution in [1.29, 1.82) is 0 Å². The predicted molar refractivity (Wildman–Crippen MR) is 87.9 cm³/mol. The number of carbonyl (C=O) groups is 1. The van der Waals surface area contributed by atoms with Gasteiger partial charge in [-0.25, -0.2) is 14.5 Å². The van der Waals surface area contributed by atoms with E-state index in [4.69, 9.17) is 4.74 Å². The molecule has 7 heteroatoms. The first-order chi connectivity index (χ1) is 11.6. The van der Waals surface area contributed by atoms with E-state index in [9.17, 15) is 4.79 Å². The van der Waals surface area contributed by atoms with Crippen molar-refractivity contribution in [3.63, 3.8) is 0 Å². The second-order valence-electron chi connectivity index (χ2n) is 5.60. The van der Waals surface area contributed by atoms with Crippen LogP contribution in [0.15, 0.2) is 43.2 Å². The number of benzene rings is 1. The molecule has 7 nitrogen and oxygen atoms in total. The normalized spacial score (nSPS) is 10.8. The van der Waals surface area contributed by atoms with Crippen LogP contribution in [0.25, 0.3) is 5.69 Å². The van der Waals surface area contributed by atoms with Crippen molar-refractivity contribution in [2.24, 2.45) is 7.05 Å². The fourth-order valence-electron chi connectivity index (χ4n) is 2.48. The Morgan fingerprint density at radius 2 is 2.17 bits per heavy atom. The van der Waals surface area contributed by atoms with E-state index in [1.54, 1.807) is 21.8 Å². The third-order valence-corrected chi connectivity index (χ3v) is 3.71. The van der Waals surface area contributed by atoms with Gasteiger partial charge in [0.05, 0.1) is 24.1 Å². The molecule has 0 unspecified atom stereocenters. The first-order valence-electron chi connectivity index (χ1n) is 7.74. The van der Waals surface area contributed by atoms with Gasteiger partial charge in [0.25, 0.3) is 0 Å². The molecular weight excluding hydrogens is 306 g/mol. The SMILES string of the molecule is Cc1cc(-n2cncn2)ccc1C(=O)OCCCc1cnn(C)c1. The van der Waals surface area contributed by atoms with E-state index >= 15 is 0 Å². The molecule has 0 aliphatic rings. The number of aromatic nitrogens is 5. The molecule has 0 aliphatic heterocycles. The van der Waals surface area contributed by atoms with Gasteiger partial charge in [0.1, 0.15) is 12.7 Å². The van der Waals surface area contributed by atoms with Crippen LogP contribution in [-0.2, 0) is 18.2 Å². The Morgan fingerprint density at radius 3 is 2.83 bits per heavy atom. The summed E-state index contributed by atoms with van der Waals surface area (Å²) in [5, 5.41) is 8.19. The van der Waals surface area contributed by atoms with E-state index in [1.807, 2.05) is 38.5 Å². The van der Waals surface area contributed by atoms with Gasteiger partial charge in [-0.15, -0.1) is 0 Å². The molecule has 24 heavy (non-hydrogen) atoms. The van der Waals surface area contributed by atoms with E-state index < -0.39 is 0 Å². The maximum atomic E-state index is 12.2. The molecule has 0 saturated heterocycles. The zero-order valence-electron chi connectivity index (χ0n) is 13.7. The Bertz CT molecular complexity index is 823. The summed E-state index contributed by atoms with van der Waals surface area (Å²) < 4.78 is 8.78. The quantitative estimate of drug-likeness (QED) is 0.512. The van der Waals surface area contributed by atoms with Crippen LogP contribution in [0.4, 0.5) is 0 Å². The lowest BCUT2D eigenvalue weighted by atomic mass is 10.1. The highest BCUT2D eigenvalue weighted by Crippen LogP contribution is 2.15. The highest BCUT2D eigenvalue weighted by atomic mass is 16.5.